The van der Waals surface area contributed by atoms with E-state index in [9.17, 15) is 28.1 Å². The molecule has 2 fully saturated rings. The molecule has 4 rings (SSSR count). The van der Waals surface area contributed by atoms with Crippen LogP contribution in [0, 0.1) is 10.1 Å². The van der Waals surface area contributed by atoms with Gasteiger partial charge in [0.2, 0.25) is 5.91 Å². The molecule has 1 aliphatic heterocycles. The number of halogens is 3. The Morgan fingerprint density at radius 1 is 1.08 bits per heavy atom. The lowest BCUT2D eigenvalue weighted by atomic mass is 9.92. The fraction of sp³-hybridized carbons (Fsp3) is 0.519. The molecule has 2 aliphatic rings. The number of aryl methyl sites for hydroxylation is 1. The molecule has 1 heterocycles. The third-order valence-corrected chi connectivity index (χ3v) is 7.33. The summed E-state index contributed by atoms with van der Waals surface area (Å²) in [4.78, 5) is 26.8. The lowest BCUT2D eigenvalue weighted by Gasteiger charge is -2.37. The van der Waals surface area contributed by atoms with Crippen LogP contribution in [0.25, 0.3) is 0 Å². The maximum atomic E-state index is 13.2. The summed E-state index contributed by atoms with van der Waals surface area (Å²) in [5, 5.41) is 14.0. The number of carbonyl (C=O) groups is 1. The zero-order chi connectivity index (χ0) is 27.3. The van der Waals surface area contributed by atoms with Gasteiger partial charge >= 0.3 is 6.18 Å². The van der Waals surface area contributed by atoms with Gasteiger partial charge in [-0.15, -0.1) is 0 Å². The van der Waals surface area contributed by atoms with Crippen LogP contribution in [0.4, 0.5) is 30.2 Å². The van der Waals surface area contributed by atoms with E-state index in [-0.39, 0.29) is 30.3 Å². The van der Waals surface area contributed by atoms with Crippen molar-refractivity contribution in [2.24, 2.45) is 0 Å². The first-order chi connectivity index (χ1) is 18.2. The zero-order valence-electron chi connectivity index (χ0n) is 21.4. The highest BCUT2D eigenvalue weighted by atomic mass is 19.4. The highest BCUT2D eigenvalue weighted by Crippen LogP contribution is 2.38. The minimum atomic E-state index is -4.81. The lowest BCUT2D eigenvalue weighted by molar-refractivity contribution is -0.388. The Kier molecular flexibility index (Phi) is 8.76. The molecular formula is C27H33F3N4O4. The van der Waals surface area contributed by atoms with E-state index in [0.29, 0.717) is 38.8 Å². The van der Waals surface area contributed by atoms with Crippen molar-refractivity contribution in [2.45, 2.75) is 57.3 Å². The van der Waals surface area contributed by atoms with Crippen molar-refractivity contribution in [2.75, 3.05) is 43.0 Å². The molecule has 8 nitrogen and oxygen atoms in total. The standard InChI is InChI=1S/C27H33F3N4O4/c1-2-19-5-3-4-6-24(19)32-13-15-33(16-14-32)26(35)18-38-22-10-7-20(8-11-22)31-21-9-12-25(34(36)37)23(17-21)27(28,29)30/h3-6,9,12,17,20,22,31H,2,7-8,10-11,13-16,18H2,1H3. The number of carbonyl (C=O) groups excluding carboxylic acids is 1. The highest BCUT2D eigenvalue weighted by molar-refractivity contribution is 5.77. The Morgan fingerprint density at radius 2 is 1.76 bits per heavy atom. The number of nitrogens with one attached hydrogen (secondary N) is 1. The molecule has 0 atom stereocenters. The molecule has 0 aromatic heterocycles. The van der Waals surface area contributed by atoms with Crippen LogP contribution >= 0.6 is 0 Å². The van der Waals surface area contributed by atoms with Crippen molar-refractivity contribution in [1.82, 2.24) is 4.90 Å². The fourth-order valence-electron chi connectivity index (χ4n) is 5.22. The van der Waals surface area contributed by atoms with Gasteiger partial charge in [-0.05, 0) is 55.9 Å². The fourth-order valence-corrected chi connectivity index (χ4v) is 5.22. The summed E-state index contributed by atoms with van der Waals surface area (Å²) in [5.41, 5.74) is 0.501. The molecule has 1 amide bonds. The second-order valence-electron chi connectivity index (χ2n) is 9.77. The third-order valence-electron chi connectivity index (χ3n) is 7.33. The first-order valence-corrected chi connectivity index (χ1v) is 13.0. The van der Waals surface area contributed by atoms with E-state index in [1.165, 1.54) is 17.3 Å². The molecule has 1 saturated carbocycles. The van der Waals surface area contributed by atoms with E-state index in [0.717, 1.165) is 31.6 Å². The van der Waals surface area contributed by atoms with Gasteiger partial charge in [0.05, 0.1) is 11.0 Å². The van der Waals surface area contributed by atoms with Crippen molar-refractivity contribution in [3.05, 3.63) is 63.7 Å². The van der Waals surface area contributed by atoms with E-state index >= 15 is 0 Å². The van der Waals surface area contributed by atoms with Crippen LogP contribution < -0.4 is 10.2 Å². The molecular weight excluding hydrogens is 501 g/mol. The van der Waals surface area contributed by atoms with Crippen molar-refractivity contribution >= 4 is 23.0 Å². The van der Waals surface area contributed by atoms with Crippen LogP contribution in [0.1, 0.15) is 43.7 Å². The SMILES string of the molecule is CCc1ccccc1N1CCN(C(=O)COC2CCC(Nc3ccc([N+](=O)[O-])c(C(F)(F)F)c3)CC2)CC1. The van der Waals surface area contributed by atoms with Crippen molar-refractivity contribution < 1.29 is 27.6 Å². The third kappa shape index (κ3) is 6.75. The highest BCUT2D eigenvalue weighted by Gasteiger charge is 2.38. The molecule has 1 saturated heterocycles. The van der Waals surface area contributed by atoms with Crippen LogP contribution in [0.5, 0.6) is 0 Å². The lowest BCUT2D eigenvalue weighted by Crippen LogP contribution is -2.50. The Morgan fingerprint density at radius 3 is 2.39 bits per heavy atom. The summed E-state index contributed by atoms with van der Waals surface area (Å²) in [6, 6.07) is 11.2. The topological polar surface area (TPSA) is 88.0 Å². The van der Waals surface area contributed by atoms with Crippen LogP contribution in [-0.2, 0) is 22.1 Å². The molecule has 2 aromatic carbocycles. The van der Waals surface area contributed by atoms with Crippen LogP contribution in [0.15, 0.2) is 42.5 Å². The van der Waals surface area contributed by atoms with Gasteiger partial charge in [0.25, 0.3) is 5.69 Å². The van der Waals surface area contributed by atoms with Crippen LogP contribution in [-0.4, -0.2) is 60.7 Å². The Bertz CT molecular complexity index is 1130. The number of nitro benzene ring substituents is 1. The number of alkyl halides is 3. The maximum absolute atomic E-state index is 13.2. The number of anilines is 2. The minimum absolute atomic E-state index is 0.0194. The molecule has 1 aliphatic carbocycles. The minimum Gasteiger partial charge on any atom is -0.382 e. The summed E-state index contributed by atoms with van der Waals surface area (Å²) in [7, 11) is 0. The number of amides is 1. The van der Waals surface area contributed by atoms with Gasteiger partial charge in [0, 0.05) is 49.7 Å². The van der Waals surface area contributed by atoms with Gasteiger partial charge in [0.1, 0.15) is 12.2 Å². The van der Waals surface area contributed by atoms with E-state index in [1.54, 1.807) is 0 Å². The molecule has 206 valence electrons. The first kappa shape index (κ1) is 27.7. The number of benzene rings is 2. The molecule has 0 radical (unpaired) electrons. The van der Waals surface area contributed by atoms with Gasteiger partial charge in [-0.1, -0.05) is 25.1 Å². The Balaban J connectivity index is 1.21. The van der Waals surface area contributed by atoms with Crippen molar-refractivity contribution in [1.29, 1.82) is 0 Å². The summed E-state index contributed by atoms with van der Waals surface area (Å²) in [5.74, 6) is -0.0285. The van der Waals surface area contributed by atoms with E-state index in [2.05, 4.69) is 29.3 Å². The predicted octanol–water partition coefficient (Wildman–Crippen LogP) is 5.26. The number of hydrogen-bond donors (Lipinski definition) is 1. The average molecular weight is 535 g/mol. The number of piperazine rings is 1. The molecule has 1 N–H and O–H groups in total. The number of hydrogen-bond acceptors (Lipinski definition) is 6. The monoisotopic (exact) mass is 534 g/mol. The average Bonchev–Trinajstić information content (AvgIpc) is 2.92. The largest absolute Gasteiger partial charge is 0.423 e. The molecule has 0 bridgehead atoms. The number of nitrogens with zero attached hydrogens (tertiary/aromatic N) is 3. The van der Waals surface area contributed by atoms with Gasteiger partial charge < -0.3 is 19.9 Å². The number of nitro groups is 1. The van der Waals surface area contributed by atoms with E-state index in [1.807, 2.05) is 17.0 Å². The van der Waals surface area contributed by atoms with Gasteiger partial charge in [0.15, 0.2) is 0 Å². The van der Waals surface area contributed by atoms with Gasteiger partial charge in [-0.25, -0.2) is 0 Å². The number of rotatable bonds is 8. The second kappa shape index (κ2) is 12.0. The van der Waals surface area contributed by atoms with Crippen LogP contribution in [0.3, 0.4) is 0 Å². The Labute approximate surface area is 219 Å². The molecule has 0 unspecified atom stereocenters. The molecule has 0 spiro atoms. The molecule has 2 aromatic rings. The summed E-state index contributed by atoms with van der Waals surface area (Å²) < 4.78 is 45.6. The quantitative estimate of drug-likeness (QED) is 0.367. The van der Waals surface area contributed by atoms with Gasteiger partial charge in [-0.2, -0.15) is 13.2 Å². The molecule has 11 heteroatoms. The predicted molar refractivity (Wildman–Crippen MR) is 138 cm³/mol. The van der Waals surface area contributed by atoms with E-state index < -0.39 is 22.4 Å². The summed E-state index contributed by atoms with van der Waals surface area (Å²) in [6.07, 6.45) is -1.28. The maximum Gasteiger partial charge on any atom is 0.423 e. The first-order valence-electron chi connectivity index (χ1n) is 13.0. The summed E-state index contributed by atoms with van der Waals surface area (Å²) >= 11 is 0. The normalized spacial score (nSPS) is 20.3. The Hall–Kier alpha value is -3.34. The smallest absolute Gasteiger partial charge is 0.382 e. The molecule has 38 heavy (non-hydrogen) atoms. The van der Waals surface area contributed by atoms with Gasteiger partial charge in [-0.3, -0.25) is 14.9 Å². The number of para-hydroxylation sites is 1. The zero-order valence-corrected chi connectivity index (χ0v) is 21.4. The van der Waals surface area contributed by atoms with E-state index in [4.69, 9.17) is 4.74 Å². The van der Waals surface area contributed by atoms with Crippen molar-refractivity contribution in [3.63, 3.8) is 0 Å². The number of ether oxygens (including phenoxy) is 1. The summed E-state index contributed by atoms with van der Waals surface area (Å²) in [6.45, 7) is 5.00. The second-order valence-corrected chi connectivity index (χ2v) is 9.77. The van der Waals surface area contributed by atoms with Crippen molar-refractivity contribution in [3.8, 4) is 0 Å². The van der Waals surface area contributed by atoms with Crippen LogP contribution in [0.2, 0.25) is 0 Å².